The molecule has 1 aliphatic heterocycles. The van der Waals surface area contributed by atoms with E-state index < -0.39 is 6.04 Å². The van der Waals surface area contributed by atoms with Crippen molar-refractivity contribution in [3.8, 4) is 11.1 Å². The van der Waals surface area contributed by atoms with E-state index in [0.29, 0.717) is 30.3 Å². The van der Waals surface area contributed by atoms with Crippen LogP contribution < -0.4 is 0 Å². The Bertz CT molecular complexity index is 833. The maximum Gasteiger partial charge on any atom is 0.257 e. The fraction of sp³-hybridized carbons (Fsp3) is 0.409. The van der Waals surface area contributed by atoms with Gasteiger partial charge in [0.15, 0.2) is 0 Å². The van der Waals surface area contributed by atoms with Crippen LogP contribution in [0.4, 0.5) is 0 Å². The number of carbonyl (C=O) groups excluding carboxylic acids is 2. The van der Waals surface area contributed by atoms with E-state index in [2.05, 4.69) is 18.8 Å². The van der Waals surface area contributed by atoms with Gasteiger partial charge in [0.2, 0.25) is 5.91 Å². The second-order valence-corrected chi connectivity index (χ2v) is 7.54. The molecule has 1 aromatic heterocycles. The summed E-state index contributed by atoms with van der Waals surface area (Å²) in [5.41, 5.74) is 3.10. The van der Waals surface area contributed by atoms with E-state index >= 15 is 0 Å². The van der Waals surface area contributed by atoms with Gasteiger partial charge in [0.05, 0.1) is 11.3 Å². The zero-order chi connectivity index (χ0) is 19.6. The second kappa shape index (κ2) is 7.91. The van der Waals surface area contributed by atoms with Crippen molar-refractivity contribution in [1.82, 2.24) is 14.8 Å². The molecule has 5 heteroatoms. The summed E-state index contributed by atoms with van der Waals surface area (Å²) in [6, 6.07) is 11.2. The maximum atomic E-state index is 13.4. The SMILES string of the molecule is Cc1nccc(-c2ccccc2)c1C(=O)N1CCN(CC(C)C)C(=O)[C@@H]1C. The van der Waals surface area contributed by atoms with Gasteiger partial charge in [0.1, 0.15) is 6.04 Å². The first kappa shape index (κ1) is 19.1. The van der Waals surface area contributed by atoms with Crippen LogP contribution in [-0.2, 0) is 4.79 Å². The summed E-state index contributed by atoms with van der Waals surface area (Å²) in [7, 11) is 0. The summed E-state index contributed by atoms with van der Waals surface area (Å²) < 4.78 is 0. The average molecular weight is 365 g/mol. The van der Waals surface area contributed by atoms with Crippen LogP contribution in [0.25, 0.3) is 11.1 Å². The van der Waals surface area contributed by atoms with Crippen molar-refractivity contribution in [1.29, 1.82) is 0 Å². The summed E-state index contributed by atoms with van der Waals surface area (Å²) in [6.07, 6.45) is 1.73. The third-order valence-electron chi connectivity index (χ3n) is 5.03. The molecule has 0 radical (unpaired) electrons. The Labute approximate surface area is 161 Å². The zero-order valence-corrected chi connectivity index (χ0v) is 16.5. The molecule has 2 amide bonds. The van der Waals surface area contributed by atoms with Gasteiger partial charge in [-0.05, 0) is 37.0 Å². The highest BCUT2D eigenvalue weighted by atomic mass is 16.2. The number of hydrogen-bond donors (Lipinski definition) is 0. The molecule has 0 saturated carbocycles. The molecule has 0 bridgehead atoms. The molecule has 0 unspecified atom stereocenters. The van der Waals surface area contributed by atoms with Gasteiger partial charge in [-0.1, -0.05) is 44.2 Å². The largest absolute Gasteiger partial charge is 0.339 e. The molecule has 142 valence electrons. The topological polar surface area (TPSA) is 53.5 Å². The van der Waals surface area contributed by atoms with E-state index in [0.717, 1.165) is 17.7 Å². The molecule has 1 aromatic carbocycles. The molecule has 0 N–H and O–H groups in total. The van der Waals surface area contributed by atoms with Crippen LogP contribution in [0.3, 0.4) is 0 Å². The fourth-order valence-corrected chi connectivity index (χ4v) is 3.67. The number of amides is 2. The first-order valence-corrected chi connectivity index (χ1v) is 9.51. The van der Waals surface area contributed by atoms with Gasteiger partial charge in [-0.3, -0.25) is 14.6 Å². The van der Waals surface area contributed by atoms with Crippen LogP contribution in [0, 0.1) is 12.8 Å². The fourth-order valence-electron chi connectivity index (χ4n) is 3.67. The monoisotopic (exact) mass is 365 g/mol. The van der Waals surface area contributed by atoms with Gasteiger partial charge in [-0.2, -0.15) is 0 Å². The van der Waals surface area contributed by atoms with Crippen LogP contribution in [0.1, 0.15) is 36.8 Å². The summed E-state index contributed by atoms with van der Waals surface area (Å²) in [5.74, 6) is 0.309. The quantitative estimate of drug-likeness (QED) is 0.835. The Morgan fingerprint density at radius 1 is 1.19 bits per heavy atom. The van der Waals surface area contributed by atoms with E-state index in [-0.39, 0.29) is 11.8 Å². The van der Waals surface area contributed by atoms with Crippen molar-refractivity contribution in [3.63, 3.8) is 0 Å². The number of benzene rings is 1. The number of aromatic nitrogens is 1. The normalized spacial score (nSPS) is 17.5. The molecule has 1 saturated heterocycles. The van der Waals surface area contributed by atoms with Crippen LogP contribution in [0.2, 0.25) is 0 Å². The van der Waals surface area contributed by atoms with E-state index in [1.807, 2.05) is 55.1 Å². The van der Waals surface area contributed by atoms with E-state index in [1.165, 1.54) is 0 Å². The first-order valence-electron chi connectivity index (χ1n) is 9.51. The first-order chi connectivity index (χ1) is 12.9. The maximum absolute atomic E-state index is 13.4. The predicted octanol–water partition coefficient (Wildman–Crippen LogP) is 3.39. The molecule has 3 rings (SSSR count). The summed E-state index contributed by atoms with van der Waals surface area (Å²) in [6.45, 7) is 9.71. The minimum atomic E-state index is -0.465. The van der Waals surface area contributed by atoms with Crippen LogP contribution >= 0.6 is 0 Å². The number of piperazine rings is 1. The average Bonchev–Trinajstić information content (AvgIpc) is 2.65. The number of aryl methyl sites for hydroxylation is 1. The molecule has 1 atom stereocenters. The molecule has 5 nitrogen and oxygen atoms in total. The zero-order valence-electron chi connectivity index (χ0n) is 16.5. The van der Waals surface area contributed by atoms with Gasteiger partial charge in [-0.15, -0.1) is 0 Å². The lowest BCUT2D eigenvalue weighted by Gasteiger charge is -2.40. The summed E-state index contributed by atoms with van der Waals surface area (Å²) in [4.78, 5) is 34.1. The molecule has 0 spiro atoms. The highest BCUT2D eigenvalue weighted by Gasteiger charge is 2.36. The Hall–Kier alpha value is -2.69. The van der Waals surface area contributed by atoms with Crippen molar-refractivity contribution < 1.29 is 9.59 Å². The third-order valence-corrected chi connectivity index (χ3v) is 5.03. The molecule has 27 heavy (non-hydrogen) atoms. The molecular formula is C22H27N3O2. The highest BCUT2D eigenvalue weighted by molar-refractivity contribution is 6.04. The predicted molar refractivity (Wildman–Crippen MR) is 106 cm³/mol. The lowest BCUT2D eigenvalue weighted by molar-refractivity contribution is -0.140. The number of carbonyl (C=O) groups is 2. The van der Waals surface area contributed by atoms with Gasteiger partial charge in [0.25, 0.3) is 5.91 Å². The number of nitrogens with zero attached hydrogens (tertiary/aromatic N) is 3. The second-order valence-electron chi connectivity index (χ2n) is 7.54. The molecule has 1 aliphatic rings. The van der Waals surface area contributed by atoms with Crippen molar-refractivity contribution >= 4 is 11.8 Å². The number of rotatable bonds is 4. The molecule has 1 fully saturated rings. The van der Waals surface area contributed by atoms with Crippen molar-refractivity contribution in [3.05, 3.63) is 53.9 Å². The Kier molecular flexibility index (Phi) is 5.59. The Morgan fingerprint density at radius 2 is 1.89 bits per heavy atom. The number of pyridine rings is 1. The van der Waals surface area contributed by atoms with Crippen LogP contribution in [0.15, 0.2) is 42.6 Å². The van der Waals surface area contributed by atoms with Gasteiger partial charge < -0.3 is 9.80 Å². The third kappa shape index (κ3) is 3.87. The van der Waals surface area contributed by atoms with Gasteiger partial charge >= 0.3 is 0 Å². The van der Waals surface area contributed by atoms with Crippen molar-refractivity contribution in [2.24, 2.45) is 5.92 Å². The summed E-state index contributed by atoms with van der Waals surface area (Å²) >= 11 is 0. The van der Waals surface area contributed by atoms with E-state index in [4.69, 9.17) is 0 Å². The highest BCUT2D eigenvalue weighted by Crippen LogP contribution is 2.27. The molecule has 0 aliphatic carbocycles. The molecular weight excluding hydrogens is 338 g/mol. The Morgan fingerprint density at radius 3 is 2.56 bits per heavy atom. The lowest BCUT2D eigenvalue weighted by Crippen LogP contribution is -2.58. The van der Waals surface area contributed by atoms with E-state index in [1.54, 1.807) is 11.1 Å². The molecule has 2 heterocycles. The van der Waals surface area contributed by atoms with Crippen molar-refractivity contribution in [2.75, 3.05) is 19.6 Å². The Balaban J connectivity index is 1.92. The smallest absolute Gasteiger partial charge is 0.257 e. The minimum absolute atomic E-state index is 0.0195. The summed E-state index contributed by atoms with van der Waals surface area (Å²) in [5, 5.41) is 0. The molecule has 2 aromatic rings. The lowest BCUT2D eigenvalue weighted by atomic mass is 9.97. The van der Waals surface area contributed by atoms with Crippen molar-refractivity contribution in [2.45, 2.75) is 33.7 Å². The van der Waals surface area contributed by atoms with Gasteiger partial charge in [-0.25, -0.2) is 0 Å². The minimum Gasteiger partial charge on any atom is -0.339 e. The number of hydrogen-bond acceptors (Lipinski definition) is 3. The standard InChI is InChI=1S/C22H27N3O2/c1-15(2)14-24-12-13-25(17(4)21(24)26)22(27)20-16(3)23-11-10-19(20)18-8-6-5-7-9-18/h5-11,15,17H,12-14H2,1-4H3/t17-/m0/s1. The van der Waals surface area contributed by atoms with Crippen LogP contribution in [-0.4, -0.2) is 52.3 Å². The van der Waals surface area contributed by atoms with E-state index in [9.17, 15) is 9.59 Å². The van der Waals surface area contributed by atoms with Gasteiger partial charge in [0, 0.05) is 25.8 Å². The van der Waals surface area contributed by atoms with Crippen LogP contribution in [0.5, 0.6) is 0 Å².